The van der Waals surface area contributed by atoms with Crippen molar-refractivity contribution in [3.05, 3.63) is 40.4 Å². The Morgan fingerprint density at radius 1 is 0.941 bits per heavy atom. The number of ketones is 1. The van der Waals surface area contributed by atoms with E-state index in [1.807, 2.05) is 42.4 Å². The summed E-state index contributed by atoms with van der Waals surface area (Å²) in [5, 5.41) is 4.89. The number of pyridine rings is 1. The minimum Gasteiger partial charge on any atom is -0.444 e. The van der Waals surface area contributed by atoms with Crippen LogP contribution in [0.5, 0.6) is 0 Å². The van der Waals surface area contributed by atoms with E-state index in [-0.39, 0.29) is 29.9 Å². The van der Waals surface area contributed by atoms with E-state index in [9.17, 15) is 9.59 Å². The molecule has 2 aliphatic rings. The highest BCUT2D eigenvalue weighted by Gasteiger charge is 2.46. The Hall–Kier alpha value is -2.66. The fraction of sp³-hybridized carbons (Fsp3) is 0.649. The summed E-state index contributed by atoms with van der Waals surface area (Å²) in [5.74, 6) is 0.833. The van der Waals surface area contributed by atoms with E-state index >= 15 is 0 Å². The average molecular weight is 802 g/mol. The lowest BCUT2D eigenvalue weighted by atomic mass is 9.88. The summed E-state index contributed by atoms with van der Waals surface area (Å²) in [7, 11) is -2.60. The van der Waals surface area contributed by atoms with Crippen LogP contribution in [0.2, 0.25) is 51.4 Å². The molecule has 0 unspecified atom stereocenters. The normalized spacial score (nSPS) is 19.5. The number of nitrogens with zero attached hydrogens (tertiary/aromatic N) is 6. The summed E-state index contributed by atoms with van der Waals surface area (Å²) in [4.78, 5) is 39.2. The van der Waals surface area contributed by atoms with Gasteiger partial charge in [0, 0.05) is 71.6 Å². The molecule has 51 heavy (non-hydrogen) atoms. The van der Waals surface area contributed by atoms with Crippen molar-refractivity contribution in [1.82, 2.24) is 24.5 Å². The Morgan fingerprint density at radius 3 is 2.02 bits per heavy atom. The van der Waals surface area contributed by atoms with Gasteiger partial charge in [0.15, 0.2) is 17.2 Å². The molecule has 0 N–H and O–H groups in total. The minimum absolute atomic E-state index is 0.0792. The molecule has 2 aliphatic heterocycles. The number of anilines is 1. The molecule has 2 saturated heterocycles. The van der Waals surface area contributed by atoms with E-state index in [0.717, 1.165) is 64.9 Å². The largest absolute Gasteiger partial charge is 0.444 e. The maximum absolute atomic E-state index is 13.3. The highest BCUT2D eigenvalue weighted by Crippen LogP contribution is 2.47. The molecule has 0 saturated carbocycles. The third-order valence-electron chi connectivity index (χ3n) is 9.54. The molecule has 14 heteroatoms. The van der Waals surface area contributed by atoms with Crippen LogP contribution in [0, 0.1) is 0 Å². The standard InChI is InChI=1S/C37H57BrN6O5Si2/c1-25(45)31-14-11-26(21-39-31)30-22-40-44-34(30)41-33(27-19-28-12-13-29(20-27)43(28)36(46)49-37(2,3)4)32(38)35(44)42(23-47-15-17-50(5,6)7)24-48-16-18-51(8,9)10/h11,14,21-22,27-29H,12-13,15-20,23-24H2,1-10H3/t27-,28-,29+. The topological polar surface area (TPSA) is 111 Å². The Balaban J connectivity index is 1.56. The number of ether oxygens (including phenoxy) is 3. The van der Waals surface area contributed by atoms with Crippen molar-refractivity contribution in [3.63, 3.8) is 0 Å². The predicted octanol–water partition coefficient (Wildman–Crippen LogP) is 8.83. The quantitative estimate of drug-likeness (QED) is 0.0684. The van der Waals surface area contributed by atoms with Crippen LogP contribution in [0.1, 0.15) is 75.5 Å². The molecule has 1 amide bonds. The molecule has 2 bridgehead atoms. The zero-order valence-corrected chi connectivity index (χ0v) is 35.8. The van der Waals surface area contributed by atoms with Gasteiger partial charge in [-0.3, -0.25) is 9.78 Å². The van der Waals surface area contributed by atoms with Gasteiger partial charge in [0.25, 0.3) is 0 Å². The second-order valence-electron chi connectivity index (χ2n) is 17.6. The smallest absolute Gasteiger partial charge is 0.410 e. The molecule has 5 rings (SSSR count). The number of rotatable bonds is 14. The third-order valence-corrected chi connectivity index (χ3v) is 13.7. The van der Waals surface area contributed by atoms with Crippen LogP contribution >= 0.6 is 15.9 Å². The molecule has 2 fully saturated rings. The molecule has 3 aromatic rings. The van der Waals surface area contributed by atoms with Gasteiger partial charge >= 0.3 is 6.09 Å². The molecular formula is C37H57BrN6O5Si2. The van der Waals surface area contributed by atoms with E-state index in [4.69, 9.17) is 24.3 Å². The van der Waals surface area contributed by atoms with Gasteiger partial charge < -0.3 is 24.0 Å². The first kappa shape index (κ1) is 39.5. The summed E-state index contributed by atoms with van der Waals surface area (Å²) in [6.07, 6.45) is 6.77. The van der Waals surface area contributed by atoms with Crippen molar-refractivity contribution in [2.24, 2.45) is 0 Å². The number of carbonyl (C=O) groups is 2. The number of aromatic nitrogens is 4. The molecule has 280 valence electrons. The molecule has 0 radical (unpaired) electrons. The number of Topliss-reactive ketones (excluding diaryl/α,β-unsaturated/α-hetero) is 1. The van der Waals surface area contributed by atoms with Crippen molar-refractivity contribution in [1.29, 1.82) is 0 Å². The maximum atomic E-state index is 13.3. The van der Waals surface area contributed by atoms with Gasteiger partial charge in [-0.2, -0.15) is 9.61 Å². The first-order valence-corrected chi connectivity index (χ1v) is 26.5. The minimum atomic E-state index is -1.30. The van der Waals surface area contributed by atoms with Crippen LogP contribution in [-0.2, 0) is 14.2 Å². The van der Waals surface area contributed by atoms with Crippen LogP contribution in [0.15, 0.2) is 29.0 Å². The summed E-state index contributed by atoms with van der Waals surface area (Å²) in [6, 6.07) is 5.93. The number of carbonyl (C=O) groups excluding carboxylic acids is 2. The highest BCUT2D eigenvalue weighted by molar-refractivity contribution is 9.10. The van der Waals surface area contributed by atoms with Crippen molar-refractivity contribution in [3.8, 4) is 11.1 Å². The molecule has 11 nitrogen and oxygen atoms in total. The van der Waals surface area contributed by atoms with Gasteiger partial charge in [0.1, 0.15) is 24.8 Å². The van der Waals surface area contributed by atoms with Crippen molar-refractivity contribution in [2.75, 3.05) is 31.6 Å². The van der Waals surface area contributed by atoms with Crippen molar-refractivity contribution >= 4 is 55.4 Å². The molecule has 0 spiro atoms. The second kappa shape index (κ2) is 15.8. The number of hydrogen-bond donors (Lipinski definition) is 0. The Bertz CT molecular complexity index is 1660. The summed E-state index contributed by atoms with van der Waals surface area (Å²) >= 11 is 4.04. The number of fused-ring (bicyclic) bond motifs is 3. The van der Waals surface area contributed by atoms with E-state index in [1.54, 1.807) is 12.3 Å². The first-order valence-electron chi connectivity index (χ1n) is 18.3. The molecule has 0 aliphatic carbocycles. The Morgan fingerprint density at radius 2 is 1.53 bits per heavy atom. The van der Waals surface area contributed by atoms with Crippen LogP contribution in [-0.4, -0.2) is 96.9 Å². The highest BCUT2D eigenvalue weighted by atomic mass is 79.9. The fourth-order valence-corrected chi connectivity index (χ4v) is 9.11. The van der Waals surface area contributed by atoms with E-state index in [0.29, 0.717) is 38.0 Å². The van der Waals surface area contributed by atoms with Gasteiger partial charge in [-0.05, 0) is 80.5 Å². The lowest BCUT2D eigenvalue weighted by Gasteiger charge is -2.39. The van der Waals surface area contributed by atoms with E-state index in [1.165, 1.54) is 6.92 Å². The second-order valence-corrected chi connectivity index (χ2v) is 29.6. The van der Waals surface area contributed by atoms with Crippen LogP contribution in [0.3, 0.4) is 0 Å². The summed E-state index contributed by atoms with van der Waals surface area (Å²) in [6.45, 7) is 23.4. The summed E-state index contributed by atoms with van der Waals surface area (Å²) < 4.78 is 21.3. The van der Waals surface area contributed by atoms with Gasteiger partial charge in [0.05, 0.1) is 16.4 Å². The van der Waals surface area contributed by atoms with Gasteiger partial charge in [-0.15, -0.1) is 0 Å². The molecule has 0 aromatic carbocycles. The number of piperidine rings is 1. The molecule has 3 atom stereocenters. The predicted molar refractivity (Wildman–Crippen MR) is 211 cm³/mol. The van der Waals surface area contributed by atoms with Gasteiger partial charge in [-0.1, -0.05) is 45.3 Å². The van der Waals surface area contributed by atoms with E-state index in [2.05, 4.69) is 65.1 Å². The third kappa shape index (κ3) is 10.1. The molecule has 5 heterocycles. The van der Waals surface area contributed by atoms with Gasteiger partial charge in [-0.25, -0.2) is 9.78 Å². The zero-order valence-electron chi connectivity index (χ0n) is 32.2. The van der Waals surface area contributed by atoms with Crippen LogP contribution < -0.4 is 4.90 Å². The summed E-state index contributed by atoms with van der Waals surface area (Å²) in [5.41, 5.74) is 3.13. The first-order chi connectivity index (χ1) is 23.8. The molecule has 3 aromatic heterocycles. The van der Waals surface area contributed by atoms with Gasteiger partial charge in [0.2, 0.25) is 0 Å². The number of halogens is 1. The van der Waals surface area contributed by atoms with Crippen molar-refractivity contribution in [2.45, 2.75) is 128 Å². The maximum Gasteiger partial charge on any atom is 0.410 e. The fourth-order valence-electron chi connectivity index (χ4n) is 6.76. The Kier molecular flexibility index (Phi) is 12.2. The van der Waals surface area contributed by atoms with Crippen LogP contribution in [0.4, 0.5) is 10.6 Å². The zero-order chi connectivity index (χ0) is 37.3. The van der Waals surface area contributed by atoms with Crippen LogP contribution in [0.25, 0.3) is 16.8 Å². The van der Waals surface area contributed by atoms with E-state index < -0.39 is 21.7 Å². The number of hydrogen-bond acceptors (Lipinski definition) is 9. The van der Waals surface area contributed by atoms with Crippen molar-refractivity contribution < 1.29 is 23.8 Å². The Labute approximate surface area is 314 Å². The lowest BCUT2D eigenvalue weighted by Crippen LogP contribution is -2.48. The monoisotopic (exact) mass is 800 g/mol. The number of amides is 1. The lowest BCUT2D eigenvalue weighted by molar-refractivity contribution is 0.00565. The average Bonchev–Trinajstić information content (AvgIpc) is 3.56. The SMILES string of the molecule is CC(=O)c1ccc(-c2cnn3c(N(COCC[Si](C)(C)C)COCC[Si](C)(C)C)c(Br)c([C@@H]4C[C@H]5CC[C@@H](C4)N5C(=O)OC(C)(C)C)nc23)cn1. The molecular weight excluding hydrogens is 745 g/mol.